The maximum absolute atomic E-state index is 12.5. The van der Waals surface area contributed by atoms with Crippen LogP contribution in [0.25, 0.3) is 0 Å². The van der Waals surface area contributed by atoms with E-state index in [1.165, 1.54) is 0 Å². The fraction of sp³-hybridized carbons (Fsp3) is 0.933. The molecule has 2 unspecified atom stereocenters. The lowest BCUT2D eigenvalue weighted by molar-refractivity contribution is -0.138. The maximum Gasteiger partial charge on any atom is 0.225 e. The molecule has 0 bridgehead atoms. The van der Waals surface area contributed by atoms with Crippen LogP contribution < -0.4 is 5.73 Å². The summed E-state index contributed by atoms with van der Waals surface area (Å²) in [6.45, 7) is 5.99. The Labute approximate surface area is 123 Å². The first-order chi connectivity index (χ1) is 9.56. The van der Waals surface area contributed by atoms with Gasteiger partial charge in [0.2, 0.25) is 5.91 Å². The van der Waals surface area contributed by atoms with Crippen molar-refractivity contribution in [2.75, 3.05) is 53.4 Å². The fourth-order valence-electron chi connectivity index (χ4n) is 3.24. The van der Waals surface area contributed by atoms with Crippen LogP contribution in [0.3, 0.4) is 0 Å². The van der Waals surface area contributed by atoms with E-state index in [0.29, 0.717) is 5.91 Å². The second kappa shape index (κ2) is 7.38. The molecule has 0 aromatic carbocycles. The molecule has 2 fully saturated rings. The van der Waals surface area contributed by atoms with Crippen molar-refractivity contribution in [2.45, 2.75) is 31.7 Å². The Hall–Kier alpha value is -0.650. The predicted octanol–water partition coefficient (Wildman–Crippen LogP) is 0.210. The lowest BCUT2D eigenvalue weighted by atomic mass is 9.85. The zero-order chi connectivity index (χ0) is 14.5. The fourth-order valence-corrected chi connectivity index (χ4v) is 3.24. The number of nitrogens with zero attached hydrogens (tertiary/aromatic N) is 3. The largest absolute Gasteiger partial charge is 0.340 e. The van der Waals surface area contributed by atoms with E-state index < -0.39 is 0 Å². The highest BCUT2D eigenvalue weighted by Crippen LogP contribution is 2.25. The van der Waals surface area contributed by atoms with Gasteiger partial charge < -0.3 is 15.5 Å². The van der Waals surface area contributed by atoms with Gasteiger partial charge >= 0.3 is 0 Å². The molecule has 0 spiro atoms. The molecule has 0 aromatic heterocycles. The van der Waals surface area contributed by atoms with Gasteiger partial charge in [0.15, 0.2) is 0 Å². The minimum atomic E-state index is 0.187. The highest BCUT2D eigenvalue weighted by molar-refractivity contribution is 5.79. The predicted molar refractivity (Wildman–Crippen MR) is 81.5 cm³/mol. The van der Waals surface area contributed by atoms with Gasteiger partial charge in [-0.1, -0.05) is 6.42 Å². The third-order valence-electron chi connectivity index (χ3n) is 4.61. The van der Waals surface area contributed by atoms with Crippen LogP contribution in [0.1, 0.15) is 25.7 Å². The summed E-state index contributed by atoms with van der Waals surface area (Å²) in [6.07, 6.45) is 4.12. The number of nitrogens with two attached hydrogens (primary N) is 1. The second-order valence-corrected chi connectivity index (χ2v) is 6.59. The lowest BCUT2D eigenvalue weighted by Gasteiger charge is -2.38. The van der Waals surface area contributed by atoms with Gasteiger partial charge in [-0.2, -0.15) is 0 Å². The standard InChI is InChI=1S/C15H30N4O/c1-17(2)6-7-18-8-10-19(11-9-18)15(20)13-4-3-5-14(16)12-13/h13-14H,3-12,16H2,1-2H3. The Bertz CT molecular complexity index is 313. The van der Waals surface area contributed by atoms with E-state index in [-0.39, 0.29) is 12.0 Å². The summed E-state index contributed by atoms with van der Waals surface area (Å²) < 4.78 is 0. The average molecular weight is 282 g/mol. The third-order valence-corrected chi connectivity index (χ3v) is 4.61. The Morgan fingerprint density at radius 3 is 2.50 bits per heavy atom. The Balaban J connectivity index is 1.74. The van der Waals surface area contributed by atoms with Crippen LogP contribution in [0.2, 0.25) is 0 Å². The number of carbonyl (C=O) groups excluding carboxylic acids is 1. The molecule has 1 saturated carbocycles. The molecule has 1 amide bonds. The number of carbonyl (C=O) groups is 1. The van der Waals surface area contributed by atoms with Crippen molar-refractivity contribution in [3.05, 3.63) is 0 Å². The van der Waals surface area contributed by atoms with E-state index in [2.05, 4.69) is 28.8 Å². The van der Waals surface area contributed by atoms with Crippen molar-refractivity contribution < 1.29 is 4.79 Å². The molecule has 20 heavy (non-hydrogen) atoms. The first-order valence-corrected chi connectivity index (χ1v) is 7.97. The first-order valence-electron chi connectivity index (χ1n) is 7.97. The van der Waals surface area contributed by atoms with Crippen molar-refractivity contribution in [1.29, 1.82) is 0 Å². The summed E-state index contributed by atoms with van der Waals surface area (Å²) in [5.74, 6) is 0.541. The third kappa shape index (κ3) is 4.43. The van der Waals surface area contributed by atoms with Gasteiger partial charge in [-0.3, -0.25) is 9.69 Å². The highest BCUT2D eigenvalue weighted by atomic mass is 16.2. The molecule has 0 radical (unpaired) electrons. The van der Waals surface area contributed by atoms with Gasteiger partial charge in [0.05, 0.1) is 0 Å². The molecule has 5 heteroatoms. The lowest BCUT2D eigenvalue weighted by Crippen LogP contribution is -2.52. The van der Waals surface area contributed by atoms with Gasteiger partial charge in [-0.15, -0.1) is 0 Å². The van der Waals surface area contributed by atoms with Crippen molar-refractivity contribution in [3.8, 4) is 0 Å². The summed E-state index contributed by atoms with van der Waals surface area (Å²) in [4.78, 5) is 19.2. The van der Waals surface area contributed by atoms with Crippen molar-refractivity contribution in [1.82, 2.24) is 14.7 Å². The summed E-state index contributed by atoms with van der Waals surface area (Å²) in [5, 5.41) is 0. The Kier molecular flexibility index (Phi) is 5.81. The summed E-state index contributed by atoms with van der Waals surface area (Å²) in [5.41, 5.74) is 6.00. The average Bonchev–Trinajstić information content (AvgIpc) is 2.45. The highest BCUT2D eigenvalue weighted by Gasteiger charge is 2.30. The molecule has 1 heterocycles. The number of piperazine rings is 1. The Morgan fingerprint density at radius 2 is 1.90 bits per heavy atom. The molecule has 2 atom stereocenters. The van der Waals surface area contributed by atoms with Crippen LogP contribution >= 0.6 is 0 Å². The second-order valence-electron chi connectivity index (χ2n) is 6.59. The van der Waals surface area contributed by atoms with Gasteiger partial charge in [0, 0.05) is 51.2 Å². The number of amides is 1. The van der Waals surface area contributed by atoms with Gasteiger partial charge in [0.25, 0.3) is 0 Å². The van der Waals surface area contributed by atoms with Crippen molar-refractivity contribution in [2.24, 2.45) is 11.7 Å². The van der Waals surface area contributed by atoms with Gasteiger partial charge in [-0.25, -0.2) is 0 Å². The van der Waals surface area contributed by atoms with E-state index in [4.69, 9.17) is 5.73 Å². The Morgan fingerprint density at radius 1 is 1.20 bits per heavy atom. The molecule has 2 N–H and O–H groups in total. The first kappa shape index (κ1) is 15.7. The zero-order valence-corrected chi connectivity index (χ0v) is 13.1. The quantitative estimate of drug-likeness (QED) is 0.801. The summed E-state index contributed by atoms with van der Waals surface area (Å²) in [7, 11) is 4.21. The molecule has 2 rings (SSSR count). The number of rotatable bonds is 4. The molecule has 1 aliphatic heterocycles. The molecule has 5 nitrogen and oxygen atoms in total. The van der Waals surface area contributed by atoms with Crippen LogP contribution in [0.4, 0.5) is 0 Å². The number of hydrogen-bond donors (Lipinski definition) is 1. The van der Waals surface area contributed by atoms with E-state index >= 15 is 0 Å². The minimum absolute atomic E-state index is 0.187. The van der Waals surface area contributed by atoms with E-state index in [1.807, 2.05) is 0 Å². The van der Waals surface area contributed by atoms with E-state index in [9.17, 15) is 4.79 Å². The normalized spacial score (nSPS) is 28.9. The van der Waals surface area contributed by atoms with Crippen LogP contribution in [0, 0.1) is 5.92 Å². The molecule has 0 aromatic rings. The monoisotopic (exact) mass is 282 g/mol. The van der Waals surface area contributed by atoms with Crippen molar-refractivity contribution >= 4 is 5.91 Å². The number of likely N-dealkylation sites (N-methyl/N-ethyl adjacent to an activating group) is 1. The van der Waals surface area contributed by atoms with Gasteiger partial charge in [-0.05, 0) is 33.4 Å². The van der Waals surface area contributed by atoms with E-state index in [1.54, 1.807) is 0 Å². The van der Waals surface area contributed by atoms with Crippen molar-refractivity contribution in [3.63, 3.8) is 0 Å². The van der Waals surface area contributed by atoms with Crippen LogP contribution in [0.15, 0.2) is 0 Å². The molecule has 1 saturated heterocycles. The zero-order valence-electron chi connectivity index (χ0n) is 13.1. The molecule has 116 valence electrons. The number of hydrogen-bond acceptors (Lipinski definition) is 4. The SMILES string of the molecule is CN(C)CCN1CCN(C(=O)C2CCCC(N)C2)CC1. The van der Waals surface area contributed by atoms with Crippen LogP contribution in [0.5, 0.6) is 0 Å². The summed E-state index contributed by atoms with van der Waals surface area (Å²) >= 11 is 0. The van der Waals surface area contributed by atoms with E-state index in [0.717, 1.165) is 65.0 Å². The van der Waals surface area contributed by atoms with Gasteiger partial charge in [0.1, 0.15) is 0 Å². The molecular weight excluding hydrogens is 252 g/mol. The topological polar surface area (TPSA) is 52.8 Å². The van der Waals surface area contributed by atoms with Crippen LogP contribution in [-0.4, -0.2) is 80.0 Å². The minimum Gasteiger partial charge on any atom is -0.340 e. The molecule has 1 aliphatic carbocycles. The maximum atomic E-state index is 12.5. The van der Waals surface area contributed by atoms with Crippen LogP contribution in [-0.2, 0) is 4.79 Å². The molecule has 2 aliphatic rings. The summed E-state index contributed by atoms with van der Waals surface area (Å²) in [6, 6.07) is 0.235. The molecular formula is C15H30N4O. The smallest absolute Gasteiger partial charge is 0.225 e.